The molecule has 4 atom stereocenters. The van der Waals surface area contributed by atoms with E-state index in [2.05, 4.69) is 0 Å². The summed E-state index contributed by atoms with van der Waals surface area (Å²) in [5.41, 5.74) is 0. The molecular formula is C18H26O6. The Morgan fingerprint density at radius 2 is 2.17 bits per heavy atom. The van der Waals surface area contributed by atoms with Crippen molar-refractivity contribution in [2.75, 3.05) is 0 Å². The number of carbonyl (C=O) groups excluding carboxylic acids is 2. The van der Waals surface area contributed by atoms with Crippen LogP contribution in [0.3, 0.4) is 0 Å². The van der Waals surface area contributed by atoms with Crippen LogP contribution in [0, 0.1) is 0 Å². The van der Waals surface area contributed by atoms with E-state index in [1.165, 1.54) is 18.2 Å². The lowest BCUT2D eigenvalue weighted by atomic mass is 10.0. The number of cyclic esters (lactones) is 1. The van der Waals surface area contributed by atoms with E-state index >= 15 is 0 Å². The fraction of sp³-hybridized carbons (Fsp3) is 0.556. The average Bonchev–Trinajstić information content (AvgIpc) is 2.55. The minimum absolute atomic E-state index is 0.250. The molecule has 134 valence electrons. The van der Waals surface area contributed by atoms with Crippen LogP contribution < -0.4 is 0 Å². The molecule has 0 spiro atoms. The summed E-state index contributed by atoms with van der Waals surface area (Å²) in [6.45, 7) is 3.69. The number of hydrogen-bond acceptors (Lipinski definition) is 6. The standard InChI is InChI=1S/C18H26O6/c1-3-5-6-12-16(20)23-15-11-8-7-10-13(19)17(21)14(9-4-2)24-18(15)22/h3,5-7,10,12-15,17,19,21H,4,8-9,11H2,1-2H3/b5-3+,10-7+,12-6+/t13-,14-,15-,17+/m1/s1. The lowest BCUT2D eigenvalue weighted by Crippen LogP contribution is -2.42. The van der Waals surface area contributed by atoms with Crippen LogP contribution >= 0.6 is 0 Å². The van der Waals surface area contributed by atoms with Gasteiger partial charge in [-0.2, -0.15) is 0 Å². The second-order valence-corrected chi connectivity index (χ2v) is 5.56. The third kappa shape index (κ3) is 6.68. The van der Waals surface area contributed by atoms with Crippen LogP contribution in [-0.4, -0.2) is 46.6 Å². The van der Waals surface area contributed by atoms with Crippen LogP contribution in [0.5, 0.6) is 0 Å². The van der Waals surface area contributed by atoms with Crippen molar-refractivity contribution in [2.45, 2.75) is 63.9 Å². The van der Waals surface area contributed by atoms with Gasteiger partial charge >= 0.3 is 11.9 Å². The highest BCUT2D eigenvalue weighted by molar-refractivity contribution is 5.85. The van der Waals surface area contributed by atoms with Gasteiger partial charge in [0, 0.05) is 6.08 Å². The quantitative estimate of drug-likeness (QED) is 0.344. The van der Waals surface area contributed by atoms with Gasteiger partial charge in [-0.1, -0.05) is 43.7 Å². The molecule has 0 aromatic rings. The highest BCUT2D eigenvalue weighted by Gasteiger charge is 2.32. The smallest absolute Gasteiger partial charge is 0.347 e. The minimum atomic E-state index is -1.21. The number of allylic oxidation sites excluding steroid dienone is 4. The van der Waals surface area contributed by atoms with Gasteiger partial charge in [0.25, 0.3) is 0 Å². The van der Waals surface area contributed by atoms with Gasteiger partial charge in [-0.15, -0.1) is 0 Å². The predicted octanol–water partition coefficient (Wildman–Crippen LogP) is 1.81. The first-order valence-electron chi connectivity index (χ1n) is 8.22. The molecule has 0 unspecified atom stereocenters. The lowest BCUT2D eigenvalue weighted by molar-refractivity contribution is -0.176. The molecule has 1 rings (SSSR count). The third-order valence-corrected chi connectivity index (χ3v) is 3.56. The Kier molecular flexibility index (Phi) is 9.04. The van der Waals surface area contributed by atoms with Crippen molar-refractivity contribution in [1.29, 1.82) is 0 Å². The molecule has 0 aromatic carbocycles. The topological polar surface area (TPSA) is 93.1 Å². The Morgan fingerprint density at radius 3 is 2.83 bits per heavy atom. The highest BCUT2D eigenvalue weighted by atomic mass is 16.6. The fourth-order valence-corrected chi connectivity index (χ4v) is 2.28. The van der Waals surface area contributed by atoms with E-state index in [1.54, 1.807) is 18.2 Å². The Hall–Kier alpha value is -1.92. The molecule has 0 saturated carbocycles. The molecule has 1 aliphatic rings. The average molecular weight is 338 g/mol. The van der Waals surface area contributed by atoms with E-state index in [4.69, 9.17) is 9.47 Å². The molecule has 6 nitrogen and oxygen atoms in total. The maximum absolute atomic E-state index is 12.3. The molecule has 0 aliphatic carbocycles. The second-order valence-electron chi connectivity index (χ2n) is 5.56. The van der Waals surface area contributed by atoms with E-state index in [0.717, 1.165) is 0 Å². The summed E-state index contributed by atoms with van der Waals surface area (Å²) in [5, 5.41) is 20.0. The van der Waals surface area contributed by atoms with Gasteiger partial charge in [0.15, 0.2) is 6.10 Å². The third-order valence-electron chi connectivity index (χ3n) is 3.56. The van der Waals surface area contributed by atoms with Gasteiger partial charge < -0.3 is 19.7 Å². The molecule has 24 heavy (non-hydrogen) atoms. The van der Waals surface area contributed by atoms with Gasteiger partial charge in [-0.05, 0) is 26.2 Å². The Morgan fingerprint density at radius 1 is 1.42 bits per heavy atom. The highest BCUT2D eigenvalue weighted by Crippen LogP contribution is 2.17. The zero-order valence-corrected chi connectivity index (χ0v) is 14.1. The molecule has 0 saturated heterocycles. The number of aliphatic hydroxyl groups excluding tert-OH is 2. The van der Waals surface area contributed by atoms with Gasteiger partial charge in [0.1, 0.15) is 18.3 Å². The first-order valence-corrected chi connectivity index (χ1v) is 8.22. The van der Waals surface area contributed by atoms with E-state index in [-0.39, 0.29) is 6.42 Å². The zero-order valence-electron chi connectivity index (χ0n) is 14.1. The normalized spacial score (nSPS) is 30.2. The Balaban J connectivity index is 2.84. The molecule has 0 bridgehead atoms. The summed E-state index contributed by atoms with van der Waals surface area (Å²) in [6.07, 6.45) is 6.83. The van der Waals surface area contributed by atoms with Crippen LogP contribution in [0.4, 0.5) is 0 Å². The van der Waals surface area contributed by atoms with Gasteiger partial charge in [0.2, 0.25) is 0 Å². The van der Waals surface area contributed by atoms with Crippen LogP contribution in [0.15, 0.2) is 36.5 Å². The first kappa shape index (κ1) is 20.1. The summed E-state index contributed by atoms with van der Waals surface area (Å²) in [7, 11) is 0. The summed E-state index contributed by atoms with van der Waals surface area (Å²) in [6, 6.07) is 0. The van der Waals surface area contributed by atoms with E-state index in [0.29, 0.717) is 19.3 Å². The molecule has 0 amide bonds. The number of esters is 2. The molecule has 0 aromatic heterocycles. The second kappa shape index (κ2) is 10.8. The minimum Gasteiger partial charge on any atom is -0.457 e. The molecule has 1 heterocycles. The van der Waals surface area contributed by atoms with Gasteiger partial charge in [-0.3, -0.25) is 0 Å². The Labute approximate surface area is 142 Å². The molecule has 6 heteroatoms. The van der Waals surface area contributed by atoms with Crippen molar-refractivity contribution < 1.29 is 29.3 Å². The van der Waals surface area contributed by atoms with Crippen LogP contribution in [0.1, 0.15) is 39.5 Å². The van der Waals surface area contributed by atoms with Crippen molar-refractivity contribution in [3.05, 3.63) is 36.5 Å². The van der Waals surface area contributed by atoms with Crippen LogP contribution in [-0.2, 0) is 19.1 Å². The van der Waals surface area contributed by atoms with Crippen LogP contribution in [0.2, 0.25) is 0 Å². The van der Waals surface area contributed by atoms with Crippen molar-refractivity contribution in [3.8, 4) is 0 Å². The maximum atomic E-state index is 12.3. The fourth-order valence-electron chi connectivity index (χ4n) is 2.28. The Bertz CT molecular complexity index is 494. The lowest BCUT2D eigenvalue weighted by Gasteiger charge is -2.27. The van der Waals surface area contributed by atoms with Crippen molar-refractivity contribution in [2.24, 2.45) is 0 Å². The van der Waals surface area contributed by atoms with E-state index < -0.39 is 36.4 Å². The van der Waals surface area contributed by atoms with Crippen molar-refractivity contribution in [1.82, 2.24) is 0 Å². The molecule has 2 N–H and O–H groups in total. The summed E-state index contributed by atoms with van der Waals surface area (Å²) < 4.78 is 10.4. The number of ether oxygens (including phenoxy) is 2. The largest absolute Gasteiger partial charge is 0.457 e. The molecule has 0 radical (unpaired) electrons. The predicted molar refractivity (Wildman–Crippen MR) is 89.0 cm³/mol. The van der Waals surface area contributed by atoms with Crippen molar-refractivity contribution in [3.63, 3.8) is 0 Å². The summed E-state index contributed by atoms with van der Waals surface area (Å²) >= 11 is 0. The van der Waals surface area contributed by atoms with Crippen molar-refractivity contribution >= 4 is 11.9 Å². The van der Waals surface area contributed by atoms with E-state index in [1.807, 2.05) is 13.8 Å². The molecule has 0 fully saturated rings. The number of aliphatic hydroxyl groups is 2. The van der Waals surface area contributed by atoms with Gasteiger partial charge in [-0.25, -0.2) is 9.59 Å². The summed E-state index contributed by atoms with van der Waals surface area (Å²) in [5.74, 6) is -1.34. The monoisotopic (exact) mass is 338 g/mol. The molecule has 1 aliphatic heterocycles. The van der Waals surface area contributed by atoms with Gasteiger partial charge in [0.05, 0.1) is 0 Å². The van der Waals surface area contributed by atoms with E-state index in [9.17, 15) is 19.8 Å². The maximum Gasteiger partial charge on any atom is 0.347 e. The molecular weight excluding hydrogens is 312 g/mol. The number of carbonyl (C=O) groups is 2. The SMILES string of the molecule is C/C=C/C=C/C(=O)O[C@@H]1CC/C=C/[C@@H](O)[C@H](O)[C@@H](CCC)OC1=O. The zero-order chi connectivity index (χ0) is 17.9. The number of rotatable bonds is 5. The first-order chi connectivity index (χ1) is 11.5. The van der Waals surface area contributed by atoms with Crippen LogP contribution in [0.25, 0.3) is 0 Å². The number of hydrogen-bond donors (Lipinski definition) is 2. The summed E-state index contributed by atoms with van der Waals surface area (Å²) in [4.78, 5) is 24.0.